The Labute approximate surface area is 143 Å². The Morgan fingerprint density at radius 1 is 1.28 bits per heavy atom. The van der Waals surface area contributed by atoms with Crippen LogP contribution in [0, 0.1) is 17.0 Å². The third-order valence-electron chi connectivity index (χ3n) is 3.39. The molecule has 0 fully saturated rings. The maximum absolute atomic E-state index is 12.6. The Bertz CT molecular complexity index is 954. The van der Waals surface area contributed by atoms with E-state index in [1.165, 1.54) is 38.3 Å². The number of hydrogen-bond donors (Lipinski definition) is 2. The van der Waals surface area contributed by atoms with Crippen LogP contribution in [0.4, 0.5) is 11.4 Å². The van der Waals surface area contributed by atoms with Crippen LogP contribution in [-0.2, 0) is 10.0 Å². The Morgan fingerprint density at radius 2 is 1.96 bits per heavy atom. The topological polar surface area (TPSA) is 136 Å². The minimum Gasteiger partial charge on any atom is -0.497 e. The normalized spacial score (nSPS) is 11.0. The first kappa shape index (κ1) is 18.2. The molecule has 0 saturated carbocycles. The number of aromatic carboxylic acids is 1. The first-order chi connectivity index (χ1) is 11.7. The molecule has 0 bridgehead atoms. The number of ether oxygens (including phenoxy) is 1. The van der Waals surface area contributed by atoms with Crippen LogP contribution in [0.15, 0.2) is 41.3 Å². The van der Waals surface area contributed by atoms with Crippen LogP contribution in [0.3, 0.4) is 0 Å². The number of benzene rings is 2. The molecule has 10 heteroatoms. The van der Waals surface area contributed by atoms with Gasteiger partial charge in [-0.2, -0.15) is 0 Å². The Balaban J connectivity index is 2.59. The summed E-state index contributed by atoms with van der Waals surface area (Å²) >= 11 is 0. The SMILES string of the molecule is COc1ccc(S(=O)(=O)Nc2c(C)cccc2C(=O)O)c([N+](=O)[O-])c1. The number of carboxylic acids is 1. The smallest absolute Gasteiger partial charge is 0.337 e. The number of nitrogens with one attached hydrogen (secondary N) is 1. The summed E-state index contributed by atoms with van der Waals surface area (Å²) in [6, 6.07) is 7.48. The maximum Gasteiger partial charge on any atom is 0.337 e. The molecule has 2 rings (SSSR count). The zero-order valence-corrected chi connectivity index (χ0v) is 14.0. The van der Waals surface area contributed by atoms with E-state index in [1.807, 2.05) is 0 Å². The summed E-state index contributed by atoms with van der Waals surface area (Å²) in [5.74, 6) is -1.21. The fraction of sp³-hybridized carbons (Fsp3) is 0.133. The van der Waals surface area contributed by atoms with Crippen LogP contribution in [0.1, 0.15) is 15.9 Å². The largest absolute Gasteiger partial charge is 0.497 e. The van der Waals surface area contributed by atoms with Crippen molar-refractivity contribution in [3.8, 4) is 5.75 Å². The van der Waals surface area contributed by atoms with Crippen LogP contribution in [-0.4, -0.2) is 31.5 Å². The first-order valence-corrected chi connectivity index (χ1v) is 8.34. The molecule has 0 aromatic heterocycles. The fourth-order valence-electron chi connectivity index (χ4n) is 2.16. The fourth-order valence-corrected chi connectivity index (χ4v) is 3.47. The van der Waals surface area contributed by atoms with Crippen molar-refractivity contribution in [1.82, 2.24) is 0 Å². The first-order valence-electron chi connectivity index (χ1n) is 6.85. The number of methoxy groups -OCH3 is 1. The highest BCUT2D eigenvalue weighted by atomic mass is 32.2. The third kappa shape index (κ3) is 3.69. The van der Waals surface area contributed by atoms with Gasteiger partial charge in [0, 0.05) is 0 Å². The van der Waals surface area contributed by atoms with Crippen LogP contribution in [0.2, 0.25) is 0 Å². The lowest BCUT2D eigenvalue weighted by Gasteiger charge is -2.13. The van der Waals surface area contributed by atoms with Crippen LogP contribution in [0.5, 0.6) is 5.75 Å². The van der Waals surface area contributed by atoms with Gasteiger partial charge in [0.05, 0.1) is 29.4 Å². The molecule has 0 aliphatic rings. The van der Waals surface area contributed by atoms with Crippen LogP contribution in [0.25, 0.3) is 0 Å². The molecule has 0 spiro atoms. The number of nitrogens with zero attached hydrogens (tertiary/aromatic N) is 1. The monoisotopic (exact) mass is 366 g/mol. The van der Waals surface area contributed by atoms with Crippen molar-refractivity contribution in [3.05, 3.63) is 57.6 Å². The van der Waals surface area contributed by atoms with Gasteiger partial charge >= 0.3 is 5.97 Å². The number of carboxylic acid groups (broad SMARTS) is 1. The lowest BCUT2D eigenvalue weighted by Crippen LogP contribution is -2.18. The molecule has 0 unspecified atom stereocenters. The number of aryl methyl sites for hydroxylation is 1. The van der Waals surface area contributed by atoms with Crippen molar-refractivity contribution in [1.29, 1.82) is 0 Å². The van der Waals surface area contributed by atoms with Crippen LogP contribution < -0.4 is 9.46 Å². The average molecular weight is 366 g/mol. The molecule has 0 aliphatic heterocycles. The molecule has 2 N–H and O–H groups in total. The van der Waals surface area contributed by atoms with E-state index in [0.717, 1.165) is 12.1 Å². The van der Waals surface area contributed by atoms with Gasteiger partial charge in [-0.25, -0.2) is 13.2 Å². The summed E-state index contributed by atoms with van der Waals surface area (Å²) in [7, 11) is -3.11. The molecule has 0 saturated heterocycles. The second-order valence-electron chi connectivity index (χ2n) is 5.00. The number of anilines is 1. The summed E-state index contributed by atoms with van der Waals surface area (Å²) in [4.78, 5) is 21.0. The van der Waals surface area contributed by atoms with Crippen molar-refractivity contribution in [2.75, 3.05) is 11.8 Å². The zero-order valence-electron chi connectivity index (χ0n) is 13.2. The van der Waals surface area contributed by atoms with E-state index in [1.54, 1.807) is 0 Å². The minimum atomic E-state index is -4.40. The predicted molar refractivity (Wildman–Crippen MR) is 88.6 cm³/mol. The van der Waals surface area contributed by atoms with Gasteiger partial charge in [-0.15, -0.1) is 0 Å². The highest BCUT2D eigenvalue weighted by Gasteiger charge is 2.28. The quantitative estimate of drug-likeness (QED) is 0.592. The Morgan fingerprint density at radius 3 is 2.52 bits per heavy atom. The zero-order chi connectivity index (χ0) is 18.8. The summed E-state index contributed by atoms with van der Waals surface area (Å²) in [5.41, 5.74) is -0.739. The maximum atomic E-state index is 12.6. The van der Waals surface area contributed by atoms with E-state index < -0.39 is 31.5 Å². The van der Waals surface area contributed by atoms with E-state index in [-0.39, 0.29) is 17.0 Å². The average Bonchev–Trinajstić information content (AvgIpc) is 2.55. The highest BCUT2D eigenvalue weighted by Crippen LogP contribution is 2.31. The van der Waals surface area contributed by atoms with Crippen molar-refractivity contribution < 1.29 is 28.0 Å². The minimum absolute atomic E-state index is 0.118. The molecule has 0 heterocycles. The number of sulfonamides is 1. The van der Waals surface area contributed by atoms with Crippen molar-refractivity contribution in [3.63, 3.8) is 0 Å². The number of carbonyl (C=O) groups is 1. The predicted octanol–water partition coefficient (Wildman–Crippen LogP) is 2.41. The lowest BCUT2D eigenvalue weighted by molar-refractivity contribution is -0.387. The number of hydrogen-bond acceptors (Lipinski definition) is 6. The molecule has 0 radical (unpaired) electrons. The molecule has 0 atom stereocenters. The molecule has 9 nitrogen and oxygen atoms in total. The second-order valence-corrected chi connectivity index (χ2v) is 6.65. The number of rotatable bonds is 6. The van der Waals surface area contributed by atoms with Gasteiger partial charge in [0.2, 0.25) is 0 Å². The van der Waals surface area contributed by atoms with Crippen molar-refractivity contribution in [2.45, 2.75) is 11.8 Å². The van der Waals surface area contributed by atoms with Crippen LogP contribution >= 0.6 is 0 Å². The van der Waals surface area contributed by atoms with Gasteiger partial charge in [0.1, 0.15) is 5.75 Å². The molecule has 25 heavy (non-hydrogen) atoms. The molecule has 2 aromatic rings. The van der Waals surface area contributed by atoms with Crippen molar-refractivity contribution in [2.24, 2.45) is 0 Å². The van der Waals surface area contributed by atoms with E-state index in [4.69, 9.17) is 4.74 Å². The molecular formula is C15H14N2O7S. The summed E-state index contributed by atoms with van der Waals surface area (Å²) in [5, 5.41) is 20.4. The van der Waals surface area contributed by atoms with E-state index in [2.05, 4.69) is 4.72 Å². The third-order valence-corrected chi connectivity index (χ3v) is 4.79. The number of nitro groups is 1. The summed E-state index contributed by atoms with van der Waals surface area (Å²) < 4.78 is 32.2. The number of nitro benzene ring substituents is 1. The molecule has 0 amide bonds. The van der Waals surface area contributed by atoms with E-state index in [0.29, 0.717) is 5.56 Å². The molecule has 0 aliphatic carbocycles. The standard InChI is InChI=1S/C15H14N2O7S/c1-9-4-3-5-11(15(18)19)14(9)16-25(22,23)13-7-6-10(24-2)8-12(13)17(20)21/h3-8,16H,1-2H3,(H,18,19). The van der Waals surface area contributed by atoms with E-state index >= 15 is 0 Å². The van der Waals surface area contributed by atoms with Crippen molar-refractivity contribution >= 4 is 27.4 Å². The van der Waals surface area contributed by atoms with Gasteiger partial charge in [0.15, 0.2) is 4.90 Å². The highest BCUT2D eigenvalue weighted by molar-refractivity contribution is 7.92. The summed E-state index contributed by atoms with van der Waals surface area (Å²) in [6.07, 6.45) is 0. The summed E-state index contributed by atoms with van der Waals surface area (Å²) in [6.45, 7) is 1.52. The van der Waals surface area contributed by atoms with Gasteiger partial charge in [-0.1, -0.05) is 12.1 Å². The molecule has 2 aromatic carbocycles. The van der Waals surface area contributed by atoms with Gasteiger partial charge in [-0.05, 0) is 30.7 Å². The Hall–Kier alpha value is -3.14. The number of para-hydroxylation sites is 1. The van der Waals surface area contributed by atoms with Gasteiger partial charge < -0.3 is 9.84 Å². The van der Waals surface area contributed by atoms with Gasteiger partial charge in [-0.3, -0.25) is 14.8 Å². The molecular weight excluding hydrogens is 352 g/mol. The van der Waals surface area contributed by atoms with Gasteiger partial charge in [0.25, 0.3) is 15.7 Å². The Kier molecular flexibility index (Phi) is 4.93. The second kappa shape index (κ2) is 6.77. The lowest BCUT2D eigenvalue weighted by atomic mass is 10.1. The molecule has 132 valence electrons. The van der Waals surface area contributed by atoms with E-state index in [9.17, 15) is 28.4 Å².